The molecule has 0 aromatic heterocycles. The van der Waals surface area contributed by atoms with Gasteiger partial charge in [0, 0.05) is 32.2 Å². The van der Waals surface area contributed by atoms with Crippen LogP contribution in [0.1, 0.15) is 13.8 Å². The highest BCUT2D eigenvalue weighted by Crippen LogP contribution is 2.06. The average molecular weight is 398 g/mol. The number of hydrogen-bond acceptors (Lipinski definition) is 4. The first kappa shape index (κ1) is 17.9. The molecule has 0 aromatic rings. The highest BCUT2D eigenvalue weighted by atomic mass is 127. The van der Waals surface area contributed by atoms with Crippen LogP contribution in [0.5, 0.6) is 0 Å². The van der Waals surface area contributed by atoms with Gasteiger partial charge >= 0.3 is 0 Å². The Morgan fingerprint density at radius 1 is 1.30 bits per heavy atom. The summed E-state index contributed by atoms with van der Waals surface area (Å²) in [4.78, 5) is 9.01. The Bertz CT molecular complexity index is 317. The van der Waals surface area contributed by atoms with E-state index in [0.29, 0.717) is 12.0 Å². The molecule has 2 unspecified atom stereocenters. The Hall–Kier alpha value is -0.120. The van der Waals surface area contributed by atoms with E-state index in [4.69, 9.17) is 15.2 Å². The fourth-order valence-corrected chi connectivity index (χ4v) is 2.51. The summed E-state index contributed by atoms with van der Waals surface area (Å²) < 4.78 is 10.9. The van der Waals surface area contributed by atoms with Gasteiger partial charge in [-0.15, -0.1) is 24.0 Å². The number of rotatable bonds is 3. The third-order valence-corrected chi connectivity index (χ3v) is 3.73. The van der Waals surface area contributed by atoms with Gasteiger partial charge in [0.15, 0.2) is 5.96 Å². The summed E-state index contributed by atoms with van der Waals surface area (Å²) in [7, 11) is 0. The van der Waals surface area contributed by atoms with E-state index in [2.05, 4.69) is 28.6 Å². The van der Waals surface area contributed by atoms with Crippen molar-refractivity contribution in [3.8, 4) is 0 Å². The van der Waals surface area contributed by atoms with Gasteiger partial charge in [0.2, 0.25) is 0 Å². The smallest absolute Gasteiger partial charge is 0.191 e. The lowest BCUT2D eigenvalue weighted by atomic mass is 10.2. The van der Waals surface area contributed by atoms with Gasteiger partial charge in [0.1, 0.15) is 0 Å². The molecule has 2 atom stereocenters. The first-order valence-corrected chi connectivity index (χ1v) is 7.15. The number of nitrogens with two attached hydrogens (primary N) is 1. The molecule has 2 N–H and O–H groups in total. The lowest BCUT2D eigenvalue weighted by molar-refractivity contribution is 0.000802. The van der Waals surface area contributed by atoms with Crippen LogP contribution in [0.2, 0.25) is 0 Å². The van der Waals surface area contributed by atoms with Crippen molar-refractivity contribution < 1.29 is 9.47 Å². The first-order valence-electron chi connectivity index (χ1n) is 7.15. The standard InChI is InChI=1S/C13H26N4O2.HI/c1-11-10-18-7-5-16(11)4-3-15-13(14)17-6-8-19-12(2)9-17;/h11-12H,3-10H2,1-2H3,(H2,14,15);1H. The van der Waals surface area contributed by atoms with Crippen molar-refractivity contribution in [2.24, 2.45) is 10.7 Å². The molecule has 2 heterocycles. The second-order valence-electron chi connectivity index (χ2n) is 5.33. The predicted octanol–water partition coefficient (Wildman–Crippen LogP) is 0.361. The zero-order chi connectivity index (χ0) is 13.7. The SMILES string of the molecule is CC1CN(C(N)=NCCN2CCOCC2C)CCO1.I. The monoisotopic (exact) mass is 398 g/mol. The third kappa shape index (κ3) is 5.34. The molecule has 0 aliphatic carbocycles. The van der Waals surface area contributed by atoms with Crippen LogP contribution in [-0.2, 0) is 9.47 Å². The maximum Gasteiger partial charge on any atom is 0.191 e. The maximum atomic E-state index is 6.04. The van der Waals surface area contributed by atoms with Gasteiger partial charge in [-0.1, -0.05) is 0 Å². The fraction of sp³-hybridized carbons (Fsp3) is 0.923. The zero-order valence-corrected chi connectivity index (χ0v) is 14.8. The molecule has 7 heteroatoms. The Balaban J connectivity index is 0.00000200. The second-order valence-corrected chi connectivity index (χ2v) is 5.33. The van der Waals surface area contributed by atoms with Crippen molar-refractivity contribution in [2.45, 2.75) is 26.0 Å². The zero-order valence-electron chi connectivity index (χ0n) is 12.5. The number of halogens is 1. The van der Waals surface area contributed by atoms with E-state index in [1.807, 2.05) is 0 Å². The summed E-state index contributed by atoms with van der Waals surface area (Å²) in [6.07, 6.45) is 0.238. The molecule has 0 amide bonds. The topological polar surface area (TPSA) is 63.3 Å². The van der Waals surface area contributed by atoms with E-state index < -0.39 is 0 Å². The van der Waals surface area contributed by atoms with Crippen LogP contribution in [0.15, 0.2) is 4.99 Å². The van der Waals surface area contributed by atoms with Crippen LogP contribution in [0, 0.1) is 0 Å². The highest BCUT2D eigenvalue weighted by molar-refractivity contribution is 14.0. The Morgan fingerprint density at radius 3 is 2.80 bits per heavy atom. The molecule has 0 bridgehead atoms. The van der Waals surface area contributed by atoms with Crippen molar-refractivity contribution in [3.63, 3.8) is 0 Å². The van der Waals surface area contributed by atoms with Gasteiger partial charge in [0.25, 0.3) is 0 Å². The van der Waals surface area contributed by atoms with E-state index in [1.165, 1.54) is 0 Å². The quantitative estimate of drug-likeness (QED) is 0.423. The second kappa shape index (κ2) is 9.01. The third-order valence-electron chi connectivity index (χ3n) is 3.73. The van der Waals surface area contributed by atoms with Gasteiger partial charge < -0.3 is 20.1 Å². The molecule has 2 rings (SSSR count). The Morgan fingerprint density at radius 2 is 2.10 bits per heavy atom. The number of hydrogen-bond donors (Lipinski definition) is 1. The van der Waals surface area contributed by atoms with Crippen molar-refractivity contribution in [3.05, 3.63) is 0 Å². The van der Waals surface area contributed by atoms with Crippen molar-refractivity contribution in [1.29, 1.82) is 0 Å². The number of nitrogens with zero attached hydrogens (tertiary/aromatic N) is 3. The molecule has 0 radical (unpaired) electrons. The van der Waals surface area contributed by atoms with Crippen LogP contribution in [-0.4, -0.2) is 80.4 Å². The fourth-order valence-electron chi connectivity index (χ4n) is 2.51. The van der Waals surface area contributed by atoms with E-state index in [9.17, 15) is 0 Å². The van der Waals surface area contributed by atoms with Crippen LogP contribution in [0.4, 0.5) is 0 Å². The molecule has 118 valence electrons. The van der Waals surface area contributed by atoms with Gasteiger partial charge in [0.05, 0.1) is 32.5 Å². The lowest BCUT2D eigenvalue weighted by Gasteiger charge is -2.33. The van der Waals surface area contributed by atoms with Gasteiger partial charge in [-0.25, -0.2) is 0 Å². The Labute approximate surface area is 138 Å². The predicted molar refractivity (Wildman–Crippen MR) is 90.7 cm³/mol. The average Bonchev–Trinajstić information content (AvgIpc) is 2.41. The first-order chi connectivity index (χ1) is 9.16. The van der Waals surface area contributed by atoms with Crippen LogP contribution >= 0.6 is 24.0 Å². The minimum absolute atomic E-state index is 0. The lowest BCUT2D eigenvalue weighted by Crippen LogP contribution is -2.48. The van der Waals surface area contributed by atoms with Crippen molar-refractivity contribution in [2.75, 3.05) is 52.5 Å². The minimum Gasteiger partial charge on any atom is -0.379 e. The molecule has 2 saturated heterocycles. The molecule has 0 spiro atoms. The number of morpholine rings is 2. The number of aliphatic imine (C=N–C) groups is 1. The van der Waals surface area contributed by atoms with E-state index in [0.717, 1.165) is 52.5 Å². The number of ether oxygens (including phenoxy) is 2. The normalized spacial score (nSPS) is 29.1. The molecule has 0 saturated carbocycles. The number of guanidine groups is 1. The van der Waals surface area contributed by atoms with Crippen molar-refractivity contribution >= 4 is 29.9 Å². The molecule has 2 aliphatic heterocycles. The van der Waals surface area contributed by atoms with E-state index in [-0.39, 0.29) is 30.1 Å². The largest absolute Gasteiger partial charge is 0.379 e. The van der Waals surface area contributed by atoms with Crippen LogP contribution in [0.25, 0.3) is 0 Å². The summed E-state index contributed by atoms with van der Waals surface area (Å²) in [5.41, 5.74) is 6.04. The molecule has 0 aromatic carbocycles. The van der Waals surface area contributed by atoms with Gasteiger partial charge in [-0.05, 0) is 13.8 Å². The van der Waals surface area contributed by atoms with Crippen LogP contribution in [0.3, 0.4) is 0 Å². The van der Waals surface area contributed by atoms with Crippen LogP contribution < -0.4 is 5.73 Å². The van der Waals surface area contributed by atoms with Gasteiger partial charge in [-0.3, -0.25) is 9.89 Å². The van der Waals surface area contributed by atoms with E-state index >= 15 is 0 Å². The molecule has 20 heavy (non-hydrogen) atoms. The summed E-state index contributed by atoms with van der Waals surface area (Å²) in [5, 5.41) is 0. The highest BCUT2D eigenvalue weighted by Gasteiger charge is 2.19. The minimum atomic E-state index is 0. The maximum absolute atomic E-state index is 6.04. The summed E-state index contributed by atoms with van der Waals surface area (Å²) in [5.74, 6) is 0.649. The summed E-state index contributed by atoms with van der Waals surface area (Å²) >= 11 is 0. The molecule has 2 fully saturated rings. The molecular formula is C13H27IN4O2. The van der Waals surface area contributed by atoms with E-state index in [1.54, 1.807) is 0 Å². The van der Waals surface area contributed by atoms with Gasteiger partial charge in [-0.2, -0.15) is 0 Å². The molecular weight excluding hydrogens is 371 g/mol. The molecule has 6 nitrogen and oxygen atoms in total. The molecule has 2 aliphatic rings. The summed E-state index contributed by atoms with van der Waals surface area (Å²) in [6, 6.07) is 0.480. The van der Waals surface area contributed by atoms with Crippen molar-refractivity contribution in [1.82, 2.24) is 9.80 Å². The summed E-state index contributed by atoms with van der Waals surface area (Å²) in [6.45, 7) is 11.0. The Kier molecular flexibility index (Phi) is 8.08.